The van der Waals surface area contributed by atoms with E-state index < -0.39 is 0 Å². The van der Waals surface area contributed by atoms with Crippen LogP contribution in [-0.2, 0) is 15.6 Å². The molecule has 3 saturated heterocycles. The van der Waals surface area contributed by atoms with Gasteiger partial charge in [0, 0.05) is 11.3 Å². The number of rotatable bonds is 2. The Morgan fingerprint density at radius 2 is 1.59 bits per heavy atom. The van der Waals surface area contributed by atoms with Crippen molar-refractivity contribution in [3.05, 3.63) is 35.4 Å². The lowest BCUT2D eigenvalue weighted by Gasteiger charge is -2.50. The van der Waals surface area contributed by atoms with Gasteiger partial charge < -0.3 is 0 Å². The molecule has 3 aliphatic rings. The monoisotopic (exact) mass is 299 g/mol. The summed E-state index contributed by atoms with van der Waals surface area (Å²) in [6, 6.07) is 8.92. The summed E-state index contributed by atoms with van der Waals surface area (Å²) in [5.41, 5.74) is 2.66. The summed E-state index contributed by atoms with van der Waals surface area (Å²) in [4.78, 5) is 15.3. The Balaban J connectivity index is 1.98. The van der Waals surface area contributed by atoms with Crippen molar-refractivity contribution in [1.29, 1.82) is 0 Å². The molecule has 4 rings (SSSR count). The molecule has 2 heteroatoms. The highest BCUT2D eigenvalue weighted by Gasteiger charge is 2.48. The van der Waals surface area contributed by atoms with Crippen molar-refractivity contribution in [2.45, 2.75) is 64.3 Å². The van der Waals surface area contributed by atoms with Crippen LogP contribution in [-0.4, -0.2) is 29.8 Å². The number of fused-ring (bicyclic) bond motifs is 3. The van der Waals surface area contributed by atoms with E-state index in [2.05, 4.69) is 63.8 Å². The van der Waals surface area contributed by atoms with Crippen molar-refractivity contribution in [3.63, 3.8) is 0 Å². The molecule has 22 heavy (non-hydrogen) atoms. The van der Waals surface area contributed by atoms with E-state index in [4.69, 9.17) is 0 Å². The zero-order chi connectivity index (χ0) is 16.1. The van der Waals surface area contributed by atoms with E-state index >= 15 is 0 Å². The second kappa shape index (κ2) is 5.19. The van der Waals surface area contributed by atoms with Crippen LogP contribution in [0.25, 0.3) is 0 Å². The normalized spacial score (nSPS) is 29.0. The maximum Gasteiger partial charge on any atom is 0.154 e. The van der Waals surface area contributed by atoms with Crippen LogP contribution in [0.3, 0.4) is 0 Å². The third-order valence-corrected chi connectivity index (χ3v) is 5.72. The van der Waals surface area contributed by atoms with Gasteiger partial charge in [0.1, 0.15) is 0 Å². The number of Topliss-reactive ketones (excluding diaryl/α,β-unsaturated/α-hetero) is 1. The molecule has 0 radical (unpaired) electrons. The van der Waals surface area contributed by atoms with Gasteiger partial charge in [0.25, 0.3) is 0 Å². The van der Waals surface area contributed by atoms with Gasteiger partial charge in [-0.1, -0.05) is 58.9 Å². The average molecular weight is 299 g/mol. The molecule has 120 valence electrons. The molecule has 1 unspecified atom stereocenters. The molecule has 0 aromatic heterocycles. The van der Waals surface area contributed by atoms with E-state index in [1.807, 2.05) is 0 Å². The maximum absolute atomic E-state index is 12.8. The highest BCUT2D eigenvalue weighted by atomic mass is 16.1. The Labute approximate surface area is 134 Å². The predicted molar refractivity (Wildman–Crippen MR) is 91.3 cm³/mol. The number of nitrogens with zero attached hydrogens (tertiary/aromatic N) is 1. The highest BCUT2D eigenvalue weighted by molar-refractivity contribution is 5.89. The molecule has 3 heterocycles. The molecule has 0 saturated carbocycles. The van der Waals surface area contributed by atoms with Crippen LogP contribution in [0.5, 0.6) is 0 Å². The average Bonchev–Trinajstić information content (AvgIpc) is 2.47. The van der Waals surface area contributed by atoms with Crippen molar-refractivity contribution < 1.29 is 4.79 Å². The summed E-state index contributed by atoms with van der Waals surface area (Å²) in [5.74, 6) is 0.781. The van der Waals surface area contributed by atoms with Crippen molar-refractivity contribution in [3.8, 4) is 0 Å². The molecular formula is C20H29NO. The second-order valence-corrected chi connectivity index (χ2v) is 8.67. The lowest BCUT2D eigenvalue weighted by atomic mass is 9.67. The first-order valence-electron chi connectivity index (χ1n) is 8.60. The smallest absolute Gasteiger partial charge is 0.154 e. The Morgan fingerprint density at radius 3 is 2.14 bits per heavy atom. The first-order valence-corrected chi connectivity index (χ1v) is 8.60. The van der Waals surface area contributed by atoms with Crippen LogP contribution < -0.4 is 0 Å². The Kier molecular flexibility index (Phi) is 3.71. The third-order valence-electron chi connectivity index (χ3n) is 5.72. The first-order chi connectivity index (χ1) is 10.2. The lowest BCUT2D eigenvalue weighted by Crippen LogP contribution is -2.62. The number of piperidine rings is 3. The number of carbonyl (C=O) groups is 1. The molecule has 2 nitrogen and oxygen atoms in total. The van der Waals surface area contributed by atoms with Crippen molar-refractivity contribution >= 4 is 5.78 Å². The number of ketones is 1. The largest absolute Gasteiger partial charge is 0.298 e. The standard InChI is InChI=1S/C20H29NO/c1-19(2,3)15-7-6-8-16(13-15)20(4,5)18-17(22)14-9-11-21(18)12-10-14/h6-8,13-14,18H,9-12H2,1-5H3. The van der Waals surface area contributed by atoms with Gasteiger partial charge in [-0.2, -0.15) is 0 Å². The van der Waals surface area contributed by atoms with Crippen molar-refractivity contribution in [2.24, 2.45) is 5.92 Å². The molecule has 0 aliphatic carbocycles. The molecular weight excluding hydrogens is 270 g/mol. The molecule has 1 atom stereocenters. The SMILES string of the molecule is CC(C)(C)c1cccc(C(C)(C)C2C(=O)C3CCN2CC3)c1. The van der Waals surface area contributed by atoms with Gasteiger partial charge in [0.2, 0.25) is 0 Å². The first kappa shape index (κ1) is 15.7. The van der Waals surface area contributed by atoms with E-state index in [9.17, 15) is 4.79 Å². The minimum atomic E-state index is -0.128. The van der Waals surface area contributed by atoms with Gasteiger partial charge in [-0.05, 0) is 42.5 Å². The summed E-state index contributed by atoms with van der Waals surface area (Å²) in [6.07, 6.45) is 2.13. The van der Waals surface area contributed by atoms with Gasteiger partial charge in [0.05, 0.1) is 6.04 Å². The lowest BCUT2D eigenvalue weighted by molar-refractivity contribution is -0.140. The van der Waals surface area contributed by atoms with Gasteiger partial charge in [-0.3, -0.25) is 9.69 Å². The highest BCUT2D eigenvalue weighted by Crippen LogP contribution is 2.40. The molecule has 0 spiro atoms. The van der Waals surface area contributed by atoms with Crippen LogP contribution in [0, 0.1) is 5.92 Å². The molecule has 1 aromatic carbocycles. The van der Waals surface area contributed by atoms with Crippen molar-refractivity contribution in [1.82, 2.24) is 4.90 Å². The van der Waals surface area contributed by atoms with E-state index in [-0.39, 0.29) is 16.9 Å². The fourth-order valence-corrected chi connectivity index (χ4v) is 4.20. The summed E-state index contributed by atoms with van der Waals surface area (Å²) in [7, 11) is 0. The van der Waals surface area contributed by atoms with Crippen LogP contribution >= 0.6 is 0 Å². The zero-order valence-corrected chi connectivity index (χ0v) is 14.6. The molecule has 3 aliphatic heterocycles. The minimum absolute atomic E-state index is 0.0511. The van der Waals surface area contributed by atoms with Crippen LogP contribution in [0.2, 0.25) is 0 Å². The van der Waals surface area contributed by atoms with Gasteiger partial charge in [-0.25, -0.2) is 0 Å². The molecule has 3 fully saturated rings. The van der Waals surface area contributed by atoms with E-state index in [1.165, 1.54) is 11.1 Å². The zero-order valence-electron chi connectivity index (χ0n) is 14.6. The van der Waals surface area contributed by atoms with Crippen LogP contribution in [0.1, 0.15) is 58.6 Å². The Hall–Kier alpha value is -1.15. The second-order valence-electron chi connectivity index (χ2n) is 8.67. The maximum atomic E-state index is 12.8. The summed E-state index contributed by atoms with van der Waals surface area (Å²) in [5, 5.41) is 0. The van der Waals surface area contributed by atoms with Gasteiger partial charge in [-0.15, -0.1) is 0 Å². The number of hydrogen-bond donors (Lipinski definition) is 0. The number of hydrogen-bond acceptors (Lipinski definition) is 2. The Morgan fingerprint density at radius 1 is 1.00 bits per heavy atom. The Bertz CT molecular complexity index is 574. The van der Waals surface area contributed by atoms with E-state index in [0.29, 0.717) is 11.7 Å². The fraction of sp³-hybridized carbons (Fsp3) is 0.650. The van der Waals surface area contributed by atoms with E-state index in [0.717, 1.165) is 25.9 Å². The molecule has 1 aromatic rings. The third kappa shape index (κ3) is 2.52. The number of benzene rings is 1. The van der Waals surface area contributed by atoms with Crippen molar-refractivity contribution in [2.75, 3.05) is 13.1 Å². The summed E-state index contributed by atoms with van der Waals surface area (Å²) < 4.78 is 0. The summed E-state index contributed by atoms with van der Waals surface area (Å²) >= 11 is 0. The molecule has 2 bridgehead atoms. The fourth-order valence-electron chi connectivity index (χ4n) is 4.20. The van der Waals surface area contributed by atoms with Gasteiger partial charge in [0.15, 0.2) is 5.78 Å². The minimum Gasteiger partial charge on any atom is -0.298 e. The van der Waals surface area contributed by atoms with Gasteiger partial charge >= 0.3 is 0 Å². The number of carbonyl (C=O) groups excluding carboxylic acids is 1. The van der Waals surface area contributed by atoms with Crippen LogP contribution in [0.4, 0.5) is 0 Å². The quantitative estimate of drug-likeness (QED) is 0.825. The molecule has 0 amide bonds. The van der Waals surface area contributed by atoms with Crippen LogP contribution in [0.15, 0.2) is 24.3 Å². The molecule has 0 N–H and O–H groups in total. The topological polar surface area (TPSA) is 20.3 Å². The predicted octanol–water partition coefficient (Wildman–Crippen LogP) is 3.93. The summed E-state index contributed by atoms with van der Waals surface area (Å²) in [6.45, 7) is 13.4. The van der Waals surface area contributed by atoms with E-state index in [1.54, 1.807) is 0 Å².